The Morgan fingerprint density at radius 3 is 2.33 bits per heavy atom. The first kappa shape index (κ1) is 12.5. The molecular weight excluding hydrogens is 229 g/mol. The fourth-order valence-electron chi connectivity index (χ4n) is 1.66. The molecular formula is C14H16FN3. The quantitative estimate of drug-likeness (QED) is 0.903. The molecule has 0 aliphatic rings. The molecule has 0 unspecified atom stereocenters. The van der Waals surface area contributed by atoms with Crippen LogP contribution in [0.1, 0.15) is 18.5 Å². The first-order chi connectivity index (χ1) is 8.58. The van der Waals surface area contributed by atoms with Gasteiger partial charge in [-0.1, -0.05) is 6.07 Å². The van der Waals surface area contributed by atoms with Crippen LogP contribution >= 0.6 is 0 Å². The third-order valence-corrected chi connectivity index (χ3v) is 2.85. The molecule has 4 heteroatoms. The van der Waals surface area contributed by atoms with Gasteiger partial charge in [-0.2, -0.15) is 0 Å². The summed E-state index contributed by atoms with van der Waals surface area (Å²) in [5.74, 6) is 0.554. The lowest BCUT2D eigenvalue weighted by Gasteiger charge is -2.18. The maximum absolute atomic E-state index is 12.8. The number of anilines is 2. The molecule has 0 saturated carbocycles. The van der Waals surface area contributed by atoms with Gasteiger partial charge in [0.25, 0.3) is 0 Å². The molecule has 0 aliphatic carbocycles. The van der Waals surface area contributed by atoms with Crippen molar-refractivity contribution >= 4 is 11.5 Å². The van der Waals surface area contributed by atoms with Crippen LogP contribution in [0.4, 0.5) is 15.9 Å². The molecule has 3 nitrogen and oxygen atoms in total. The summed E-state index contributed by atoms with van der Waals surface area (Å²) in [7, 11) is 1.89. The van der Waals surface area contributed by atoms with Crippen LogP contribution in [-0.2, 0) is 0 Å². The molecule has 18 heavy (non-hydrogen) atoms. The van der Waals surface area contributed by atoms with E-state index in [0.717, 1.165) is 17.1 Å². The summed E-state index contributed by atoms with van der Waals surface area (Å²) in [5.41, 5.74) is 7.65. The smallest absolute Gasteiger partial charge is 0.132 e. The van der Waals surface area contributed by atoms with Crippen molar-refractivity contribution in [1.82, 2.24) is 4.98 Å². The second-order valence-corrected chi connectivity index (χ2v) is 4.27. The average Bonchev–Trinajstić information content (AvgIpc) is 2.39. The molecule has 1 heterocycles. The first-order valence-electron chi connectivity index (χ1n) is 5.79. The van der Waals surface area contributed by atoms with Gasteiger partial charge in [-0.3, -0.25) is 0 Å². The number of nitrogens with two attached hydrogens (primary N) is 1. The SMILES string of the molecule is C[C@@H](N)c1ccc(N(C)c2ccc(F)cc2)nc1. The van der Waals surface area contributed by atoms with E-state index in [2.05, 4.69) is 4.98 Å². The third-order valence-electron chi connectivity index (χ3n) is 2.85. The van der Waals surface area contributed by atoms with Gasteiger partial charge in [0.1, 0.15) is 11.6 Å². The van der Waals surface area contributed by atoms with Crippen molar-refractivity contribution in [2.75, 3.05) is 11.9 Å². The number of hydrogen-bond acceptors (Lipinski definition) is 3. The molecule has 1 aromatic carbocycles. The van der Waals surface area contributed by atoms with Crippen LogP contribution in [0.5, 0.6) is 0 Å². The van der Waals surface area contributed by atoms with Crippen molar-refractivity contribution < 1.29 is 4.39 Å². The van der Waals surface area contributed by atoms with Crippen LogP contribution < -0.4 is 10.6 Å². The Morgan fingerprint density at radius 2 is 1.83 bits per heavy atom. The van der Waals surface area contributed by atoms with E-state index >= 15 is 0 Å². The Bertz CT molecular complexity index is 506. The molecule has 0 saturated heterocycles. The van der Waals surface area contributed by atoms with Crippen LogP contribution in [0.2, 0.25) is 0 Å². The number of halogens is 1. The molecule has 2 aromatic rings. The largest absolute Gasteiger partial charge is 0.329 e. The average molecular weight is 245 g/mol. The maximum Gasteiger partial charge on any atom is 0.132 e. The minimum atomic E-state index is -0.243. The standard InChI is InChI=1S/C14H16FN3/c1-10(16)11-3-8-14(17-9-11)18(2)13-6-4-12(15)5-7-13/h3-10H,16H2,1-2H3/t10-/m1/s1. The van der Waals surface area contributed by atoms with Gasteiger partial charge < -0.3 is 10.6 Å². The summed E-state index contributed by atoms with van der Waals surface area (Å²) in [6.45, 7) is 1.92. The molecule has 2 rings (SSSR count). The lowest BCUT2D eigenvalue weighted by atomic mass is 10.1. The molecule has 0 aliphatic heterocycles. The fourth-order valence-corrected chi connectivity index (χ4v) is 1.66. The zero-order valence-electron chi connectivity index (χ0n) is 10.5. The number of nitrogens with zero attached hydrogens (tertiary/aromatic N) is 2. The Morgan fingerprint density at radius 1 is 1.17 bits per heavy atom. The molecule has 0 amide bonds. The van der Waals surface area contributed by atoms with Crippen molar-refractivity contribution in [2.45, 2.75) is 13.0 Å². The van der Waals surface area contributed by atoms with Crippen molar-refractivity contribution in [3.05, 3.63) is 54.0 Å². The maximum atomic E-state index is 12.8. The molecule has 0 radical (unpaired) electrons. The van der Waals surface area contributed by atoms with Gasteiger partial charge in [0.15, 0.2) is 0 Å². The number of hydrogen-bond donors (Lipinski definition) is 1. The van der Waals surface area contributed by atoms with Crippen LogP contribution in [0.15, 0.2) is 42.6 Å². The second kappa shape index (κ2) is 5.14. The third kappa shape index (κ3) is 2.65. The van der Waals surface area contributed by atoms with E-state index in [1.54, 1.807) is 18.3 Å². The molecule has 0 fully saturated rings. The van der Waals surface area contributed by atoms with Gasteiger partial charge in [-0.15, -0.1) is 0 Å². The van der Waals surface area contributed by atoms with Crippen molar-refractivity contribution in [3.8, 4) is 0 Å². The van der Waals surface area contributed by atoms with Crippen LogP contribution in [-0.4, -0.2) is 12.0 Å². The predicted octanol–water partition coefficient (Wildman–Crippen LogP) is 3.01. The van der Waals surface area contributed by atoms with Gasteiger partial charge in [0, 0.05) is 25.0 Å². The van der Waals surface area contributed by atoms with Crippen molar-refractivity contribution in [2.24, 2.45) is 5.73 Å². The number of aromatic nitrogens is 1. The molecule has 1 aromatic heterocycles. The highest BCUT2D eigenvalue weighted by Gasteiger charge is 2.06. The lowest BCUT2D eigenvalue weighted by molar-refractivity contribution is 0.628. The van der Waals surface area contributed by atoms with E-state index in [1.165, 1.54) is 12.1 Å². The molecule has 94 valence electrons. The normalized spacial score (nSPS) is 12.2. The van der Waals surface area contributed by atoms with Crippen LogP contribution in [0.3, 0.4) is 0 Å². The first-order valence-corrected chi connectivity index (χ1v) is 5.79. The fraction of sp³-hybridized carbons (Fsp3) is 0.214. The Hall–Kier alpha value is -1.94. The van der Waals surface area contributed by atoms with E-state index in [1.807, 2.05) is 31.0 Å². The molecule has 1 atom stereocenters. The van der Waals surface area contributed by atoms with E-state index in [4.69, 9.17) is 5.73 Å². The summed E-state index contributed by atoms with van der Waals surface area (Å²) < 4.78 is 12.8. The summed E-state index contributed by atoms with van der Waals surface area (Å²) in [6.07, 6.45) is 1.76. The molecule has 2 N–H and O–H groups in total. The van der Waals surface area contributed by atoms with Gasteiger partial charge in [0.2, 0.25) is 0 Å². The Balaban J connectivity index is 2.23. The van der Waals surface area contributed by atoms with Gasteiger partial charge in [-0.05, 0) is 42.8 Å². The summed E-state index contributed by atoms with van der Waals surface area (Å²) >= 11 is 0. The Labute approximate surface area is 106 Å². The number of benzene rings is 1. The van der Waals surface area contributed by atoms with Gasteiger partial charge in [0.05, 0.1) is 0 Å². The Kier molecular flexibility index (Phi) is 3.58. The highest BCUT2D eigenvalue weighted by molar-refractivity contribution is 5.58. The van der Waals surface area contributed by atoms with Gasteiger partial charge in [-0.25, -0.2) is 9.37 Å². The van der Waals surface area contributed by atoms with E-state index < -0.39 is 0 Å². The monoisotopic (exact) mass is 245 g/mol. The lowest BCUT2D eigenvalue weighted by Crippen LogP contribution is -2.12. The summed E-state index contributed by atoms with van der Waals surface area (Å²) in [5, 5.41) is 0. The second-order valence-electron chi connectivity index (χ2n) is 4.27. The van der Waals surface area contributed by atoms with E-state index in [9.17, 15) is 4.39 Å². The molecule has 0 bridgehead atoms. The predicted molar refractivity (Wildman–Crippen MR) is 71.3 cm³/mol. The molecule has 0 spiro atoms. The summed E-state index contributed by atoms with van der Waals surface area (Å²) in [4.78, 5) is 6.24. The minimum absolute atomic E-state index is 0.0253. The van der Waals surface area contributed by atoms with Crippen LogP contribution in [0.25, 0.3) is 0 Å². The summed E-state index contributed by atoms with van der Waals surface area (Å²) in [6, 6.07) is 10.1. The highest BCUT2D eigenvalue weighted by atomic mass is 19.1. The van der Waals surface area contributed by atoms with Gasteiger partial charge >= 0.3 is 0 Å². The number of rotatable bonds is 3. The topological polar surface area (TPSA) is 42.1 Å². The zero-order chi connectivity index (χ0) is 13.1. The zero-order valence-corrected chi connectivity index (χ0v) is 10.5. The number of pyridine rings is 1. The van der Waals surface area contributed by atoms with E-state index in [-0.39, 0.29) is 11.9 Å². The van der Waals surface area contributed by atoms with E-state index in [0.29, 0.717) is 0 Å². The van der Waals surface area contributed by atoms with Crippen molar-refractivity contribution in [3.63, 3.8) is 0 Å². The van der Waals surface area contributed by atoms with Crippen LogP contribution in [0, 0.1) is 5.82 Å². The highest BCUT2D eigenvalue weighted by Crippen LogP contribution is 2.22. The van der Waals surface area contributed by atoms with Crippen molar-refractivity contribution in [1.29, 1.82) is 0 Å². The minimum Gasteiger partial charge on any atom is -0.329 e.